The average Bonchev–Trinajstić information content (AvgIpc) is 2.38. The maximum Gasteiger partial charge on any atom is 0.270 e. The molecule has 0 fully saturated rings. The highest BCUT2D eigenvalue weighted by molar-refractivity contribution is 6.32. The first-order valence-corrected chi connectivity index (χ1v) is 5.57. The highest BCUT2D eigenvalue weighted by atomic mass is 35.5. The number of halogens is 1. The van der Waals surface area contributed by atoms with Gasteiger partial charge in [-0.3, -0.25) is 15.1 Å². The molecule has 4 nitrogen and oxygen atoms in total. The van der Waals surface area contributed by atoms with E-state index in [0.717, 1.165) is 5.69 Å². The third kappa shape index (κ3) is 2.93. The van der Waals surface area contributed by atoms with Gasteiger partial charge >= 0.3 is 0 Å². The normalized spacial score (nSPS) is 10.7. The number of nitro groups is 1. The van der Waals surface area contributed by atoms with Crippen LogP contribution in [0.3, 0.4) is 0 Å². The monoisotopic (exact) mass is 260 g/mol. The van der Waals surface area contributed by atoms with Crippen molar-refractivity contribution < 1.29 is 4.92 Å². The number of aromatic nitrogens is 1. The van der Waals surface area contributed by atoms with Crippen molar-refractivity contribution in [1.29, 1.82) is 0 Å². The molecule has 90 valence electrons. The molecule has 5 heteroatoms. The summed E-state index contributed by atoms with van der Waals surface area (Å²) in [4.78, 5) is 14.3. The number of hydrogen-bond acceptors (Lipinski definition) is 3. The zero-order chi connectivity index (χ0) is 13.0. The standard InChI is InChI=1S/C13H9ClN2O2/c14-13-7-6-12(16(17)18)9-10(13)4-5-11-3-1-2-8-15-11/h1-9H. The van der Waals surface area contributed by atoms with Crippen LogP contribution < -0.4 is 0 Å². The third-order valence-corrected chi connectivity index (χ3v) is 2.66. The topological polar surface area (TPSA) is 56.0 Å². The quantitative estimate of drug-likeness (QED) is 0.623. The van der Waals surface area contributed by atoms with E-state index in [1.165, 1.54) is 18.2 Å². The van der Waals surface area contributed by atoms with Gasteiger partial charge in [0.1, 0.15) is 0 Å². The molecule has 1 heterocycles. The fourth-order valence-corrected chi connectivity index (χ4v) is 1.60. The fraction of sp³-hybridized carbons (Fsp3) is 0. The first-order chi connectivity index (χ1) is 8.66. The molecule has 1 aromatic heterocycles. The van der Waals surface area contributed by atoms with Crippen LogP contribution in [-0.2, 0) is 0 Å². The molecule has 0 spiro atoms. The zero-order valence-corrected chi connectivity index (χ0v) is 10.0. The molecule has 0 amide bonds. The Morgan fingerprint density at radius 1 is 1.22 bits per heavy atom. The van der Waals surface area contributed by atoms with Crippen molar-refractivity contribution in [3.05, 3.63) is 69.0 Å². The van der Waals surface area contributed by atoms with Crippen molar-refractivity contribution in [2.24, 2.45) is 0 Å². The Morgan fingerprint density at radius 2 is 2.06 bits per heavy atom. The van der Waals surface area contributed by atoms with Crippen LogP contribution >= 0.6 is 11.6 Å². The number of rotatable bonds is 3. The van der Waals surface area contributed by atoms with Gasteiger partial charge in [0.05, 0.1) is 10.6 Å². The third-order valence-electron chi connectivity index (χ3n) is 2.31. The Kier molecular flexibility index (Phi) is 3.69. The first kappa shape index (κ1) is 12.3. The predicted molar refractivity (Wildman–Crippen MR) is 71.3 cm³/mol. The van der Waals surface area contributed by atoms with Crippen molar-refractivity contribution >= 4 is 29.4 Å². The Bertz CT molecular complexity index is 597. The summed E-state index contributed by atoms with van der Waals surface area (Å²) < 4.78 is 0. The Hall–Kier alpha value is -2.20. The van der Waals surface area contributed by atoms with Gasteiger partial charge in [0.25, 0.3) is 5.69 Å². The van der Waals surface area contributed by atoms with E-state index in [-0.39, 0.29) is 5.69 Å². The second-order valence-electron chi connectivity index (χ2n) is 3.55. The van der Waals surface area contributed by atoms with Crippen molar-refractivity contribution in [2.45, 2.75) is 0 Å². The molecule has 0 aliphatic heterocycles. The van der Waals surface area contributed by atoms with E-state index in [2.05, 4.69) is 4.98 Å². The summed E-state index contributed by atoms with van der Waals surface area (Å²) in [6.45, 7) is 0. The van der Waals surface area contributed by atoms with Gasteiger partial charge in [-0.25, -0.2) is 0 Å². The lowest BCUT2D eigenvalue weighted by Gasteiger charge is -1.98. The van der Waals surface area contributed by atoms with E-state index in [0.29, 0.717) is 10.6 Å². The second kappa shape index (κ2) is 5.42. The minimum absolute atomic E-state index is 0.0140. The highest BCUT2D eigenvalue weighted by Crippen LogP contribution is 2.23. The lowest BCUT2D eigenvalue weighted by atomic mass is 10.1. The lowest BCUT2D eigenvalue weighted by molar-refractivity contribution is -0.384. The van der Waals surface area contributed by atoms with Gasteiger partial charge in [-0.15, -0.1) is 0 Å². The SMILES string of the molecule is O=[N+]([O-])c1ccc(Cl)c(C=Cc2ccccn2)c1. The molecule has 0 unspecified atom stereocenters. The molecular weight excluding hydrogens is 252 g/mol. The molecule has 2 rings (SSSR count). The van der Waals surface area contributed by atoms with Gasteiger partial charge in [-0.05, 0) is 29.8 Å². The van der Waals surface area contributed by atoms with Crippen molar-refractivity contribution in [3.8, 4) is 0 Å². The maximum absolute atomic E-state index is 10.7. The highest BCUT2D eigenvalue weighted by Gasteiger charge is 2.07. The van der Waals surface area contributed by atoms with E-state index in [1.807, 2.05) is 18.2 Å². The van der Waals surface area contributed by atoms with Gasteiger partial charge in [0.2, 0.25) is 0 Å². The first-order valence-electron chi connectivity index (χ1n) is 5.20. The van der Waals surface area contributed by atoms with Gasteiger partial charge in [-0.2, -0.15) is 0 Å². The second-order valence-corrected chi connectivity index (χ2v) is 3.96. The minimum Gasteiger partial charge on any atom is -0.258 e. The van der Waals surface area contributed by atoms with E-state index in [4.69, 9.17) is 11.6 Å². The summed E-state index contributed by atoms with van der Waals surface area (Å²) in [6, 6.07) is 9.83. The molecule has 0 aliphatic rings. The van der Waals surface area contributed by atoms with Crippen LogP contribution in [0, 0.1) is 10.1 Å². The molecule has 2 aromatic rings. The number of pyridine rings is 1. The fourth-order valence-electron chi connectivity index (χ4n) is 1.42. The van der Waals surface area contributed by atoms with Gasteiger partial charge in [-0.1, -0.05) is 23.7 Å². The van der Waals surface area contributed by atoms with Crippen LogP contribution in [0.4, 0.5) is 5.69 Å². The summed E-state index contributed by atoms with van der Waals surface area (Å²) in [7, 11) is 0. The number of benzene rings is 1. The summed E-state index contributed by atoms with van der Waals surface area (Å²) in [5.74, 6) is 0. The van der Waals surface area contributed by atoms with Crippen LogP contribution in [0.1, 0.15) is 11.3 Å². The summed E-state index contributed by atoms with van der Waals surface area (Å²) in [5.41, 5.74) is 1.37. The summed E-state index contributed by atoms with van der Waals surface area (Å²) in [5, 5.41) is 11.1. The minimum atomic E-state index is -0.450. The molecule has 18 heavy (non-hydrogen) atoms. The van der Waals surface area contributed by atoms with Crippen molar-refractivity contribution in [1.82, 2.24) is 4.98 Å². The average molecular weight is 261 g/mol. The van der Waals surface area contributed by atoms with Crippen LogP contribution in [0.2, 0.25) is 5.02 Å². The van der Waals surface area contributed by atoms with Crippen molar-refractivity contribution in [3.63, 3.8) is 0 Å². The molecule has 1 aromatic carbocycles. The van der Waals surface area contributed by atoms with Crippen molar-refractivity contribution in [2.75, 3.05) is 0 Å². The Morgan fingerprint density at radius 3 is 2.72 bits per heavy atom. The van der Waals surface area contributed by atoms with E-state index in [9.17, 15) is 10.1 Å². The Labute approximate surface area is 109 Å². The molecule has 0 atom stereocenters. The van der Waals surface area contributed by atoms with Gasteiger partial charge < -0.3 is 0 Å². The molecule has 0 N–H and O–H groups in total. The van der Waals surface area contributed by atoms with E-state index in [1.54, 1.807) is 18.3 Å². The van der Waals surface area contributed by atoms with Gasteiger partial charge in [0.15, 0.2) is 0 Å². The van der Waals surface area contributed by atoms with E-state index < -0.39 is 4.92 Å². The molecule has 0 saturated carbocycles. The number of nitrogens with zero attached hydrogens (tertiary/aromatic N) is 2. The molecular formula is C13H9ClN2O2. The molecule has 0 saturated heterocycles. The van der Waals surface area contributed by atoms with E-state index >= 15 is 0 Å². The van der Waals surface area contributed by atoms with Crippen LogP contribution in [0.25, 0.3) is 12.2 Å². The Balaban J connectivity index is 2.31. The largest absolute Gasteiger partial charge is 0.270 e. The smallest absolute Gasteiger partial charge is 0.258 e. The van der Waals surface area contributed by atoms with Crippen LogP contribution in [0.5, 0.6) is 0 Å². The number of non-ortho nitro benzene ring substituents is 1. The summed E-state index contributed by atoms with van der Waals surface area (Å²) in [6.07, 6.45) is 5.14. The summed E-state index contributed by atoms with van der Waals surface area (Å²) >= 11 is 5.97. The molecule has 0 aliphatic carbocycles. The van der Waals surface area contributed by atoms with Crippen LogP contribution in [-0.4, -0.2) is 9.91 Å². The zero-order valence-electron chi connectivity index (χ0n) is 9.29. The van der Waals surface area contributed by atoms with Gasteiger partial charge in [0, 0.05) is 23.4 Å². The number of nitro benzene ring substituents is 1. The predicted octanol–water partition coefficient (Wildman–Crippen LogP) is 3.81. The lowest BCUT2D eigenvalue weighted by Crippen LogP contribution is -1.88. The molecule has 0 radical (unpaired) electrons. The molecule has 0 bridgehead atoms. The van der Waals surface area contributed by atoms with Crippen LogP contribution in [0.15, 0.2) is 42.6 Å². The maximum atomic E-state index is 10.7. The number of hydrogen-bond donors (Lipinski definition) is 0.